The van der Waals surface area contributed by atoms with Crippen LogP contribution >= 0.6 is 22.7 Å². The summed E-state index contributed by atoms with van der Waals surface area (Å²) in [5.74, 6) is 0. The molecule has 0 aliphatic carbocycles. The molecule has 10 rings (SSSR count). The molecule has 51 heavy (non-hydrogen) atoms. The van der Waals surface area contributed by atoms with Gasteiger partial charge in [-0.05, 0) is 125 Å². The maximum Gasteiger partial charge on any atom is 0.124 e. The summed E-state index contributed by atoms with van der Waals surface area (Å²) >= 11 is 3.45. The van der Waals surface area contributed by atoms with E-state index in [4.69, 9.17) is 9.97 Å². The molecule has 0 bridgehead atoms. The maximum absolute atomic E-state index is 4.90. The largest absolute Gasteiger partial charge is 0.310 e. The highest BCUT2D eigenvalue weighted by molar-refractivity contribution is 7.22. The minimum absolute atomic E-state index is 1.00. The van der Waals surface area contributed by atoms with E-state index in [1.165, 1.54) is 25.7 Å². The third-order valence-electron chi connectivity index (χ3n) is 9.35. The van der Waals surface area contributed by atoms with Crippen molar-refractivity contribution < 1.29 is 0 Å². The molecule has 7 aromatic carbocycles. The van der Waals surface area contributed by atoms with Crippen molar-refractivity contribution in [3.05, 3.63) is 170 Å². The molecular formula is C45H28N4S2. The Morgan fingerprint density at radius 3 is 1.51 bits per heavy atom. The Bertz CT molecular complexity index is 2690. The summed E-state index contributed by atoms with van der Waals surface area (Å²) in [6.45, 7) is 0. The third-order valence-corrected chi connectivity index (χ3v) is 11.5. The van der Waals surface area contributed by atoms with Gasteiger partial charge in [-0.15, -0.1) is 22.7 Å². The summed E-state index contributed by atoms with van der Waals surface area (Å²) in [4.78, 5) is 16.7. The number of anilines is 3. The molecule has 0 spiro atoms. The highest BCUT2D eigenvalue weighted by atomic mass is 32.1. The van der Waals surface area contributed by atoms with Crippen LogP contribution in [0.2, 0.25) is 0 Å². The van der Waals surface area contributed by atoms with Gasteiger partial charge in [0.05, 0.1) is 25.9 Å². The minimum Gasteiger partial charge on any atom is -0.310 e. The summed E-state index contributed by atoms with van der Waals surface area (Å²) in [7, 11) is 0. The Labute approximate surface area is 302 Å². The lowest BCUT2D eigenvalue weighted by Gasteiger charge is -2.26. The first-order valence-electron chi connectivity index (χ1n) is 16.8. The van der Waals surface area contributed by atoms with E-state index in [0.717, 1.165) is 65.7 Å². The number of nitrogens with zero attached hydrogens (tertiary/aromatic N) is 4. The fourth-order valence-electron chi connectivity index (χ4n) is 6.74. The molecule has 4 nitrogen and oxygen atoms in total. The van der Waals surface area contributed by atoms with E-state index >= 15 is 0 Å². The number of fused-ring (bicyclic) bond motifs is 4. The van der Waals surface area contributed by atoms with Crippen LogP contribution in [-0.2, 0) is 0 Å². The van der Waals surface area contributed by atoms with Gasteiger partial charge in [0.25, 0.3) is 0 Å². The maximum atomic E-state index is 4.90. The van der Waals surface area contributed by atoms with Crippen molar-refractivity contribution >= 4 is 81.8 Å². The first-order valence-corrected chi connectivity index (χ1v) is 18.5. The SMILES string of the molecule is c1cnc2cc(-c3ccc4cc(N(c5ccc(-c6nc7ccccc7s6)cc5)c5ccc(-c6nc7ccccc7s6)cc5)ccc4c3)ccc2c1. The van der Waals surface area contributed by atoms with Gasteiger partial charge >= 0.3 is 0 Å². The van der Waals surface area contributed by atoms with E-state index in [1.807, 2.05) is 24.4 Å². The van der Waals surface area contributed by atoms with Crippen molar-refractivity contribution in [1.29, 1.82) is 0 Å². The monoisotopic (exact) mass is 688 g/mol. The number of para-hydroxylation sites is 2. The van der Waals surface area contributed by atoms with Crippen LogP contribution in [0.15, 0.2) is 170 Å². The van der Waals surface area contributed by atoms with Gasteiger partial charge in [0.2, 0.25) is 0 Å². The fourth-order valence-corrected chi connectivity index (χ4v) is 8.68. The number of hydrogen-bond acceptors (Lipinski definition) is 6. The summed E-state index contributed by atoms with van der Waals surface area (Å²) < 4.78 is 2.39. The molecule has 240 valence electrons. The quantitative estimate of drug-likeness (QED) is 0.174. The van der Waals surface area contributed by atoms with Crippen LogP contribution in [0.3, 0.4) is 0 Å². The number of rotatable bonds is 6. The standard InChI is InChI=1S/C45H28N4S2/c1-3-9-42-39(7-1)47-44(50-42)30-15-20-36(21-16-30)49(37-22-17-31(18-23-37)45-48-40-8-2-4-10-43(40)51-45)38-24-19-33-26-32(13-14-34(33)27-38)35-12-11-29-6-5-25-46-41(29)28-35/h1-28H. The number of benzene rings is 7. The topological polar surface area (TPSA) is 41.9 Å². The minimum atomic E-state index is 1.00. The first kappa shape index (κ1) is 29.7. The summed E-state index contributed by atoms with van der Waals surface area (Å²) in [6.07, 6.45) is 1.85. The van der Waals surface area contributed by atoms with E-state index < -0.39 is 0 Å². The molecule has 0 atom stereocenters. The van der Waals surface area contributed by atoms with Crippen molar-refractivity contribution in [3.8, 4) is 32.3 Å². The van der Waals surface area contributed by atoms with Crippen molar-refractivity contribution in [2.24, 2.45) is 0 Å². The third kappa shape index (κ3) is 5.51. The average Bonchev–Trinajstić information content (AvgIpc) is 3.83. The Balaban J connectivity index is 1.04. The van der Waals surface area contributed by atoms with Crippen molar-refractivity contribution in [3.63, 3.8) is 0 Å². The van der Waals surface area contributed by atoms with Crippen LogP contribution < -0.4 is 4.90 Å². The molecule has 6 heteroatoms. The lowest BCUT2D eigenvalue weighted by atomic mass is 9.99. The smallest absolute Gasteiger partial charge is 0.124 e. The molecule has 3 heterocycles. The molecule has 0 aliphatic heterocycles. The summed E-state index contributed by atoms with van der Waals surface area (Å²) in [5.41, 5.74) is 10.9. The molecular weight excluding hydrogens is 661 g/mol. The van der Waals surface area contributed by atoms with Gasteiger partial charge in [0, 0.05) is 39.8 Å². The number of thiazole rings is 2. The number of pyridine rings is 1. The molecule has 0 unspecified atom stereocenters. The molecule has 0 saturated heterocycles. The lowest BCUT2D eigenvalue weighted by molar-refractivity contribution is 1.29. The van der Waals surface area contributed by atoms with Crippen LogP contribution in [0.4, 0.5) is 17.1 Å². The molecule has 10 aromatic rings. The fraction of sp³-hybridized carbons (Fsp3) is 0. The molecule has 0 fully saturated rings. The lowest BCUT2D eigenvalue weighted by Crippen LogP contribution is -2.09. The van der Waals surface area contributed by atoms with Gasteiger partial charge in [-0.25, -0.2) is 9.97 Å². The van der Waals surface area contributed by atoms with E-state index in [0.29, 0.717) is 0 Å². The molecule has 0 amide bonds. The highest BCUT2D eigenvalue weighted by Gasteiger charge is 2.16. The predicted molar refractivity (Wildman–Crippen MR) is 217 cm³/mol. The Morgan fingerprint density at radius 2 is 0.882 bits per heavy atom. The Hall–Kier alpha value is -6.21. The van der Waals surface area contributed by atoms with Crippen molar-refractivity contribution in [2.75, 3.05) is 4.90 Å². The van der Waals surface area contributed by atoms with E-state index in [2.05, 4.69) is 155 Å². The molecule has 3 aromatic heterocycles. The van der Waals surface area contributed by atoms with E-state index in [-0.39, 0.29) is 0 Å². The van der Waals surface area contributed by atoms with Gasteiger partial charge in [-0.2, -0.15) is 0 Å². The van der Waals surface area contributed by atoms with Crippen LogP contribution in [0.1, 0.15) is 0 Å². The zero-order valence-electron chi connectivity index (χ0n) is 27.3. The second kappa shape index (κ2) is 12.3. The molecule has 0 N–H and O–H groups in total. The summed E-state index contributed by atoms with van der Waals surface area (Å²) in [5, 5.41) is 5.57. The molecule has 0 saturated carbocycles. The summed E-state index contributed by atoms with van der Waals surface area (Å²) in [6, 6.07) is 58.2. The zero-order valence-corrected chi connectivity index (χ0v) is 28.9. The van der Waals surface area contributed by atoms with E-state index in [9.17, 15) is 0 Å². The Kier molecular flexibility index (Phi) is 7.15. The second-order valence-electron chi connectivity index (χ2n) is 12.6. The van der Waals surface area contributed by atoms with Gasteiger partial charge in [0.1, 0.15) is 10.0 Å². The van der Waals surface area contributed by atoms with Gasteiger partial charge in [0.15, 0.2) is 0 Å². The van der Waals surface area contributed by atoms with Crippen LogP contribution in [-0.4, -0.2) is 15.0 Å². The van der Waals surface area contributed by atoms with E-state index in [1.54, 1.807) is 22.7 Å². The average molecular weight is 689 g/mol. The van der Waals surface area contributed by atoms with Crippen LogP contribution in [0.5, 0.6) is 0 Å². The number of aromatic nitrogens is 3. The normalized spacial score (nSPS) is 11.5. The van der Waals surface area contributed by atoms with Gasteiger partial charge in [-0.3, -0.25) is 4.98 Å². The van der Waals surface area contributed by atoms with Gasteiger partial charge in [-0.1, -0.05) is 60.7 Å². The Morgan fingerprint density at radius 1 is 0.373 bits per heavy atom. The van der Waals surface area contributed by atoms with Crippen LogP contribution in [0, 0.1) is 0 Å². The van der Waals surface area contributed by atoms with Gasteiger partial charge < -0.3 is 4.90 Å². The van der Waals surface area contributed by atoms with Crippen molar-refractivity contribution in [1.82, 2.24) is 15.0 Å². The number of hydrogen-bond donors (Lipinski definition) is 0. The van der Waals surface area contributed by atoms with Crippen LogP contribution in [0.25, 0.3) is 74.4 Å². The predicted octanol–water partition coefficient (Wildman–Crippen LogP) is 13.1. The first-order chi connectivity index (χ1) is 25.2. The molecule has 0 radical (unpaired) electrons. The second-order valence-corrected chi connectivity index (χ2v) is 14.6. The molecule has 0 aliphatic rings. The van der Waals surface area contributed by atoms with Crippen molar-refractivity contribution in [2.45, 2.75) is 0 Å². The highest BCUT2D eigenvalue weighted by Crippen LogP contribution is 2.40. The zero-order chi connectivity index (χ0) is 33.7.